The summed E-state index contributed by atoms with van der Waals surface area (Å²) in [6.45, 7) is 10.1. The van der Waals surface area contributed by atoms with E-state index in [0.717, 1.165) is 37.7 Å². The predicted octanol–water partition coefficient (Wildman–Crippen LogP) is -1.18. The molecule has 0 spiro atoms. The second-order valence-electron chi connectivity index (χ2n) is 20.2. The van der Waals surface area contributed by atoms with Gasteiger partial charge in [0.2, 0.25) is 0 Å². The first-order chi connectivity index (χ1) is 30.2. The summed E-state index contributed by atoms with van der Waals surface area (Å²) in [4.78, 5) is 12.5. The summed E-state index contributed by atoms with van der Waals surface area (Å²) < 4.78 is 47.0. The van der Waals surface area contributed by atoms with Crippen LogP contribution in [0.3, 0.4) is 0 Å². The molecule has 64 heavy (non-hydrogen) atoms. The van der Waals surface area contributed by atoms with Crippen LogP contribution in [0, 0.1) is 28.6 Å². The molecule has 8 rings (SSSR count). The van der Waals surface area contributed by atoms with Crippen LogP contribution in [0.5, 0.6) is 0 Å². The van der Waals surface area contributed by atoms with E-state index in [1.807, 2.05) is 0 Å². The zero-order chi connectivity index (χ0) is 46.3. The summed E-state index contributed by atoms with van der Waals surface area (Å²) in [5.74, 6) is 1.58. The molecule has 0 aromatic rings. The maximum Gasteiger partial charge on any atom is 0.187 e. The van der Waals surface area contributed by atoms with E-state index in [-0.39, 0.29) is 22.7 Å². The topological polar surface area (TPSA) is 293 Å². The highest BCUT2D eigenvalue weighted by Crippen LogP contribution is 2.65. The number of hydrogen-bond donors (Lipinski definition) is 10. The van der Waals surface area contributed by atoms with Crippen molar-refractivity contribution in [2.24, 2.45) is 28.6 Å². The molecule has 19 nitrogen and oxygen atoms in total. The van der Waals surface area contributed by atoms with Crippen molar-refractivity contribution < 1.29 is 93.8 Å². The minimum Gasteiger partial charge on any atom is -0.394 e. The number of fused-ring (bicyclic) bond motifs is 5. The first kappa shape index (κ1) is 48.9. The molecule has 0 bridgehead atoms. The summed E-state index contributed by atoms with van der Waals surface area (Å²) in [5.41, 5.74) is 2.20. The van der Waals surface area contributed by atoms with E-state index in [4.69, 9.17) is 37.9 Å². The average Bonchev–Trinajstić information content (AvgIpc) is 3.63. The molecule has 10 N–H and O–H groups in total. The van der Waals surface area contributed by atoms with Crippen molar-refractivity contribution >= 4 is 5.78 Å². The summed E-state index contributed by atoms with van der Waals surface area (Å²) in [6.07, 6.45) is -19.1. The van der Waals surface area contributed by atoms with Gasteiger partial charge in [-0.05, 0) is 107 Å². The monoisotopic (exact) mass is 914 g/mol. The Kier molecular flexibility index (Phi) is 14.3. The van der Waals surface area contributed by atoms with Gasteiger partial charge < -0.3 is 89.0 Å². The first-order valence-corrected chi connectivity index (χ1v) is 23.1. The Morgan fingerprint density at radius 3 is 1.66 bits per heavy atom. The molecule has 26 unspecified atom stereocenters. The van der Waals surface area contributed by atoms with Gasteiger partial charge in [-0.25, -0.2) is 0 Å². The van der Waals surface area contributed by atoms with Crippen LogP contribution >= 0.6 is 0 Å². The van der Waals surface area contributed by atoms with Gasteiger partial charge in [0.1, 0.15) is 79.4 Å². The molecule has 2 saturated carbocycles. The Morgan fingerprint density at radius 1 is 0.594 bits per heavy atom. The van der Waals surface area contributed by atoms with Crippen molar-refractivity contribution in [3.8, 4) is 0 Å². The SMILES string of the molecule is CC(=O)C1=CCC2C3CC=C4CC(OC5OC(CO)C(OC6OC(C)C(OC7OC(C)C(OC8OC(C)C(O)C(O)C8O)C(O)C7O)C(O)C6O)C(O)C5O)CCC4(C)C3CCC12C. The Morgan fingerprint density at radius 2 is 1.09 bits per heavy atom. The summed E-state index contributed by atoms with van der Waals surface area (Å²) >= 11 is 0. The second kappa shape index (κ2) is 18.7. The number of hydrogen-bond acceptors (Lipinski definition) is 19. The molecule has 6 fully saturated rings. The van der Waals surface area contributed by atoms with Gasteiger partial charge >= 0.3 is 0 Å². The number of aliphatic hydroxyl groups excluding tert-OH is 10. The quantitative estimate of drug-likeness (QED) is 0.115. The van der Waals surface area contributed by atoms with E-state index in [9.17, 15) is 55.9 Å². The van der Waals surface area contributed by atoms with Crippen LogP contribution in [-0.2, 0) is 42.7 Å². The van der Waals surface area contributed by atoms with Gasteiger partial charge in [0.15, 0.2) is 30.9 Å². The van der Waals surface area contributed by atoms with E-state index < -0.39 is 129 Å². The molecule has 19 heteroatoms. The van der Waals surface area contributed by atoms with Crippen LogP contribution in [0.2, 0.25) is 0 Å². The fourth-order valence-electron chi connectivity index (χ4n) is 12.6. The van der Waals surface area contributed by atoms with Crippen LogP contribution in [0.25, 0.3) is 0 Å². The van der Waals surface area contributed by atoms with Gasteiger partial charge in [0.05, 0.1) is 31.0 Å². The van der Waals surface area contributed by atoms with Gasteiger partial charge in [-0.2, -0.15) is 0 Å². The number of rotatable bonds is 10. The third-order valence-corrected chi connectivity index (χ3v) is 16.4. The fraction of sp³-hybridized carbons (Fsp3) is 0.889. The van der Waals surface area contributed by atoms with Crippen LogP contribution in [-0.4, -0.2) is 192 Å². The van der Waals surface area contributed by atoms with Crippen molar-refractivity contribution in [2.75, 3.05) is 6.61 Å². The van der Waals surface area contributed by atoms with Crippen LogP contribution in [0.4, 0.5) is 0 Å². The van der Waals surface area contributed by atoms with Crippen molar-refractivity contribution in [1.29, 1.82) is 0 Å². The van der Waals surface area contributed by atoms with Gasteiger partial charge in [0.25, 0.3) is 0 Å². The smallest absolute Gasteiger partial charge is 0.187 e. The van der Waals surface area contributed by atoms with Crippen LogP contribution in [0.15, 0.2) is 23.3 Å². The minimum atomic E-state index is -1.83. The number of allylic oxidation sites excluding steroid dienone is 3. The molecule has 0 radical (unpaired) electrons. The molecule has 4 saturated heterocycles. The van der Waals surface area contributed by atoms with Gasteiger partial charge in [-0.3, -0.25) is 4.79 Å². The zero-order valence-corrected chi connectivity index (χ0v) is 37.3. The third-order valence-electron chi connectivity index (χ3n) is 16.4. The minimum absolute atomic E-state index is 0.0261. The van der Waals surface area contributed by atoms with E-state index in [1.165, 1.54) is 26.3 Å². The van der Waals surface area contributed by atoms with Crippen LogP contribution in [0.1, 0.15) is 86.5 Å². The lowest BCUT2D eigenvalue weighted by atomic mass is 9.47. The highest BCUT2D eigenvalue weighted by atomic mass is 16.8. The highest BCUT2D eigenvalue weighted by molar-refractivity contribution is 5.95. The molecule has 8 aliphatic rings. The number of Topliss-reactive ketones (excluding diaryl/α,β-unsaturated/α-hetero) is 1. The van der Waals surface area contributed by atoms with Crippen LogP contribution < -0.4 is 0 Å². The highest BCUT2D eigenvalue weighted by Gasteiger charge is 2.59. The molecule has 0 amide bonds. The van der Waals surface area contributed by atoms with E-state index in [0.29, 0.717) is 30.6 Å². The molecular weight excluding hydrogens is 844 g/mol. The average molecular weight is 915 g/mol. The molecule has 364 valence electrons. The molecule has 0 aromatic heterocycles. The van der Waals surface area contributed by atoms with Crippen molar-refractivity contribution in [2.45, 2.75) is 215 Å². The standard InChI is InChI=1S/C45H70O19/c1-17(47)24-9-10-25-23-8-7-21-15-22(11-13-44(21,5)26(23)12-14-45(24,25)6)60-43-36(56)32(52)39(27(16-46)61-43)64-42-35(55)31(51)38(20(4)59-42)63-41-34(54)30(50)37(19(3)58-41)62-40-33(53)29(49)28(48)18(2)57-40/h7,9,18-20,22-23,25-43,46,48-56H,8,10-16H2,1-6H3. The lowest BCUT2D eigenvalue weighted by molar-refractivity contribution is -0.384. The summed E-state index contributed by atoms with van der Waals surface area (Å²) in [5, 5.41) is 108. The number of carbonyl (C=O) groups excluding carboxylic acids is 1. The largest absolute Gasteiger partial charge is 0.394 e. The van der Waals surface area contributed by atoms with Gasteiger partial charge in [0, 0.05) is 0 Å². The number of carbonyl (C=O) groups is 1. The molecule has 4 aliphatic carbocycles. The number of ketones is 1. The Hall–Kier alpha value is -1.57. The van der Waals surface area contributed by atoms with Gasteiger partial charge in [-0.1, -0.05) is 31.6 Å². The number of ether oxygens (including phenoxy) is 8. The molecular formula is C45H70O19. The lowest BCUT2D eigenvalue weighted by Crippen LogP contribution is -2.66. The lowest BCUT2D eigenvalue weighted by Gasteiger charge is -2.58. The zero-order valence-electron chi connectivity index (χ0n) is 37.3. The van der Waals surface area contributed by atoms with Crippen molar-refractivity contribution in [1.82, 2.24) is 0 Å². The maximum absolute atomic E-state index is 12.5. The number of aliphatic hydroxyl groups is 10. The first-order valence-electron chi connectivity index (χ1n) is 23.1. The second-order valence-corrected chi connectivity index (χ2v) is 20.2. The Bertz CT molecular complexity index is 1730. The van der Waals surface area contributed by atoms with Crippen molar-refractivity contribution in [3.05, 3.63) is 23.3 Å². The van der Waals surface area contributed by atoms with Gasteiger partial charge in [-0.15, -0.1) is 0 Å². The fourth-order valence-corrected chi connectivity index (χ4v) is 12.6. The van der Waals surface area contributed by atoms with E-state index in [2.05, 4.69) is 26.0 Å². The predicted molar refractivity (Wildman–Crippen MR) is 218 cm³/mol. The Balaban J connectivity index is 0.849. The normalized spacial score (nSPS) is 54.2. The summed E-state index contributed by atoms with van der Waals surface area (Å²) in [7, 11) is 0. The molecule has 4 aliphatic heterocycles. The Labute approximate surface area is 372 Å². The molecule has 4 heterocycles. The molecule has 0 aromatic carbocycles. The van der Waals surface area contributed by atoms with E-state index in [1.54, 1.807) is 6.92 Å². The summed E-state index contributed by atoms with van der Waals surface area (Å²) in [6, 6.07) is 0. The molecule has 26 atom stereocenters. The van der Waals surface area contributed by atoms with Crippen molar-refractivity contribution in [3.63, 3.8) is 0 Å². The maximum atomic E-state index is 12.5. The van der Waals surface area contributed by atoms with E-state index >= 15 is 0 Å². The third kappa shape index (κ3) is 8.50.